The second kappa shape index (κ2) is 10.0. The Morgan fingerprint density at radius 2 is 1.87 bits per heavy atom. The van der Waals surface area contributed by atoms with Gasteiger partial charge in [-0.3, -0.25) is 4.79 Å². The van der Waals surface area contributed by atoms with E-state index in [9.17, 15) is 13.2 Å². The molecule has 1 aromatic carbocycles. The maximum Gasteiger partial charge on any atom is 0.327 e. The Balaban J connectivity index is 0.00000166. The van der Waals surface area contributed by atoms with Crippen LogP contribution in [0.1, 0.15) is 32.3 Å². The highest BCUT2D eigenvalue weighted by molar-refractivity contribution is 7.89. The number of ether oxygens (including phenoxy) is 2. The van der Waals surface area contributed by atoms with Crippen molar-refractivity contribution in [1.29, 1.82) is 0 Å². The van der Waals surface area contributed by atoms with Crippen molar-refractivity contribution >= 4 is 38.5 Å². The van der Waals surface area contributed by atoms with E-state index in [0.29, 0.717) is 5.39 Å². The van der Waals surface area contributed by atoms with Crippen molar-refractivity contribution in [3.8, 4) is 0 Å². The molecule has 1 fully saturated rings. The number of nitrogens with zero attached hydrogens (tertiary/aromatic N) is 2. The van der Waals surface area contributed by atoms with Crippen molar-refractivity contribution in [3.63, 3.8) is 0 Å². The monoisotopic (exact) mass is 451 g/mol. The molecule has 31 heavy (non-hydrogen) atoms. The van der Waals surface area contributed by atoms with E-state index in [2.05, 4.69) is 14.7 Å². The zero-order chi connectivity index (χ0) is 23.2. The number of nitrogens with two attached hydrogens (primary N) is 2. The lowest BCUT2D eigenvalue weighted by Crippen LogP contribution is -2.57. The zero-order valence-electron chi connectivity index (χ0n) is 18.1. The molecule has 2 aromatic rings. The lowest BCUT2D eigenvalue weighted by atomic mass is 9.92. The second-order valence-electron chi connectivity index (χ2n) is 6.80. The number of guanidine groups is 1. The summed E-state index contributed by atoms with van der Waals surface area (Å²) in [5.41, 5.74) is 10.4. The number of fused-ring (bicyclic) bond motifs is 1. The molecule has 0 radical (unpaired) electrons. The number of methoxy groups -OCH3 is 1. The summed E-state index contributed by atoms with van der Waals surface area (Å²) < 4.78 is 38.9. The Morgan fingerprint density at radius 3 is 2.45 bits per heavy atom. The highest BCUT2D eigenvalue weighted by Crippen LogP contribution is 2.30. The van der Waals surface area contributed by atoms with Gasteiger partial charge in [0.15, 0.2) is 11.8 Å². The Hall–Kier alpha value is -2.76. The van der Waals surface area contributed by atoms with Gasteiger partial charge in [0.1, 0.15) is 5.54 Å². The first-order valence-corrected chi connectivity index (χ1v) is 11.4. The lowest BCUT2D eigenvalue weighted by molar-refractivity contribution is -0.151. The summed E-state index contributed by atoms with van der Waals surface area (Å²) in [6, 6.07) is 4.55. The lowest BCUT2D eigenvalue weighted by Gasteiger charge is -2.34. The molecule has 0 amide bonds. The molecule has 0 bridgehead atoms. The highest BCUT2D eigenvalue weighted by atomic mass is 32.2. The highest BCUT2D eigenvalue weighted by Gasteiger charge is 2.44. The molecule has 5 N–H and O–H groups in total. The van der Waals surface area contributed by atoms with Crippen molar-refractivity contribution in [2.24, 2.45) is 16.5 Å². The second-order valence-corrected chi connectivity index (χ2v) is 8.48. The van der Waals surface area contributed by atoms with E-state index in [0.717, 1.165) is 10.9 Å². The van der Waals surface area contributed by atoms with Crippen molar-refractivity contribution in [3.05, 3.63) is 30.0 Å². The van der Waals surface area contributed by atoms with E-state index < -0.39 is 21.5 Å². The molecule has 1 aliphatic rings. The first-order valence-electron chi connectivity index (χ1n) is 9.88. The van der Waals surface area contributed by atoms with Gasteiger partial charge in [0.05, 0.1) is 12.0 Å². The molecule has 0 unspecified atom stereocenters. The summed E-state index contributed by atoms with van der Waals surface area (Å²) in [7, 11) is -2.85. The number of hydrogen-bond donors (Lipinski definition) is 3. The van der Waals surface area contributed by atoms with E-state index >= 15 is 0 Å². The minimum atomic E-state index is -4.07. The normalized spacial score (nSPS) is 15.5. The molecule has 0 spiro atoms. The molecule has 11 heteroatoms. The van der Waals surface area contributed by atoms with Crippen LogP contribution in [0.15, 0.2) is 34.3 Å². The maximum atomic E-state index is 13.1. The third-order valence-electron chi connectivity index (χ3n) is 4.83. The van der Waals surface area contributed by atoms with Crippen molar-refractivity contribution < 1.29 is 22.7 Å². The Bertz CT molecular complexity index is 1070. The molecule has 1 saturated heterocycles. The van der Waals surface area contributed by atoms with Crippen LogP contribution >= 0.6 is 0 Å². The molecule has 1 aliphatic heterocycles. The standard InChI is InChI=1S/C18H23N5O5S.C2H6/c1-11-10-21-15(22-17(19)20)14-9-12(3-4-13(11)14)29(25,26)23-18(16(24)27-2)5-7-28-8-6-18;1-2/h3-4,9-10,23H,5-8H2,1-2H3,(H4,19,20,21,22);1-2H3. The van der Waals surface area contributed by atoms with Crippen molar-refractivity contribution in [1.82, 2.24) is 9.71 Å². The number of aliphatic imine (C=N–C) groups is 1. The predicted molar refractivity (Wildman–Crippen MR) is 118 cm³/mol. The molecular formula is C20H29N5O5S. The Labute approximate surface area is 182 Å². The van der Waals surface area contributed by atoms with Crippen LogP contribution in [-0.2, 0) is 24.3 Å². The number of benzene rings is 1. The fraction of sp³-hybridized carbons (Fsp3) is 0.450. The molecule has 170 valence electrons. The molecule has 10 nitrogen and oxygen atoms in total. The summed E-state index contributed by atoms with van der Waals surface area (Å²) >= 11 is 0. The van der Waals surface area contributed by atoms with E-state index in [-0.39, 0.29) is 42.7 Å². The van der Waals surface area contributed by atoms with Crippen LogP contribution in [0.3, 0.4) is 0 Å². The SMILES string of the molecule is CC.COC(=O)C1(NS(=O)(=O)c2ccc3c(C)cnc(N=C(N)N)c3c2)CCOCC1. The quantitative estimate of drug-likeness (QED) is 0.350. The third-order valence-corrected chi connectivity index (χ3v) is 6.37. The summed E-state index contributed by atoms with van der Waals surface area (Å²) in [6.45, 7) is 6.33. The number of aromatic nitrogens is 1. The van der Waals surface area contributed by atoms with Gasteiger partial charge in [-0.15, -0.1) is 0 Å². The van der Waals surface area contributed by atoms with Gasteiger partial charge >= 0.3 is 5.97 Å². The largest absolute Gasteiger partial charge is 0.468 e. The Kier molecular flexibility index (Phi) is 7.93. The summed E-state index contributed by atoms with van der Waals surface area (Å²) in [6.07, 6.45) is 1.95. The molecule has 0 aliphatic carbocycles. The van der Waals surface area contributed by atoms with Gasteiger partial charge in [0.25, 0.3) is 0 Å². The van der Waals surface area contributed by atoms with Gasteiger partial charge in [-0.05, 0) is 30.0 Å². The van der Waals surface area contributed by atoms with Crippen molar-refractivity contribution in [2.45, 2.75) is 44.0 Å². The predicted octanol–water partition coefficient (Wildman–Crippen LogP) is 1.47. The maximum absolute atomic E-state index is 13.1. The van der Waals surface area contributed by atoms with Crippen LogP contribution in [0.4, 0.5) is 5.82 Å². The average molecular weight is 452 g/mol. The minimum Gasteiger partial charge on any atom is -0.468 e. The molecule has 3 rings (SSSR count). The summed E-state index contributed by atoms with van der Waals surface area (Å²) in [4.78, 5) is 20.5. The number of rotatable bonds is 5. The number of carbonyl (C=O) groups is 1. The van der Waals surface area contributed by atoms with Gasteiger partial charge in [0, 0.05) is 37.6 Å². The van der Waals surface area contributed by atoms with E-state index in [1.54, 1.807) is 12.3 Å². The third kappa shape index (κ3) is 5.30. The number of aryl methyl sites for hydroxylation is 1. The summed E-state index contributed by atoms with van der Waals surface area (Å²) in [5.74, 6) is -0.638. The van der Waals surface area contributed by atoms with Crippen LogP contribution in [0, 0.1) is 6.92 Å². The van der Waals surface area contributed by atoms with Crippen LogP contribution in [-0.4, -0.2) is 51.2 Å². The van der Waals surface area contributed by atoms with Gasteiger partial charge in [0.2, 0.25) is 10.0 Å². The minimum absolute atomic E-state index is 0.0424. The first-order chi connectivity index (χ1) is 14.7. The molecule has 0 atom stereocenters. The van der Waals surface area contributed by atoms with Crippen LogP contribution in [0.25, 0.3) is 10.8 Å². The van der Waals surface area contributed by atoms with E-state index in [1.165, 1.54) is 19.2 Å². The smallest absolute Gasteiger partial charge is 0.327 e. The number of sulfonamides is 1. The van der Waals surface area contributed by atoms with Crippen LogP contribution in [0.5, 0.6) is 0 Å². The molecule has 1 aromatic heterocycles. The van der Waals surface area contributed by atoms with Gasteiger partial charge in [-0.25, -0.2) is 13.4 Å². The van der Waals surface area contributed by atoms with Crippen LogP contribution in [0.2, 0.25) is 0 Å². The van der Waals surface area contributed by atoms with Crippen LogP contribution < -0.4 is 16.2 Å². The van der Waals surface area contributed by atoms with E-state index in [1.807, 2.05) is 20.8 Å². The van der Waals surface area contributed by atoms with Gasteiger partial charge in [-0.2, -0.15) is 9.71 Å². The number of hydrogen-bond acceptors (Lipinski definition) is 7. The fourth-order valence-electron chi connectivity index (χ4n) is 3.31. The van der Waals surface area contributed by atoms with E-state index in [4.69, 9.17) is 20.9 Å². The average Bonchev–Trinajstić information content (AvgIpc) is 2.76. The number of pyridine rings is 1. The fourth-order valence-corrected chi connectivity index (χ4v) is 4.75. The van der Waals surface area contributed by atoms with Crippen molar-refractivity contribution in [2.75, 3.05) is 20.3 Å². The van der Waals surface area contributed by atoms with Gasteiger partial charge < -0.3 is 20.9 Å². The molecule has 2 heterocycles. The zero-order valence-corrected chi connectivity index (χ0v) is 19.0. The molecule has 0 saturated carbocycles. The first kappa shape index (κ1) is 24.5. The summed E-state index contributed by atoms with van der Waals surface area (Å²) in [5, 5.41) is 1.23. The number of esters is 1. The number of nitrogens with one attached hydrogen (secondary N) is 1. The molecular weight excluding hydrogens is 422 g/mol. The topological polar surface area (TPSA) is 159 Å². The number of carbonyl (C=O) groups excluding carboxylic acids is 1. The Morgan fingerprint density at radius 1 is 1.23 bits per heavy atom. The van der Waals surface area contributed by atoms with Gasteiger partial charge in [-0.1, -0.05) is 19.9 Å².